The van der Waals surface area contributed by atoms with Crippen LogP contribution in [0.1, 0.15) is 5.56 Å². The largest absolute Gasteiger partial charge is 0.302 e. The second kappa shape index (κ2) is 3.79. The van der Waals surface area contributed by atoms with E-state index in [9.17, 15) is 0 Å². The Morgan fingerprint density at radius 1 is 1.31 bits per heavy atom. The number of rotatable bonds is 1. The van der Waals surface area contributed by atoms with Gasteiger partial charge < -0.3 is 4.31 Å². The summed E-state index contributed by atoms with van der Waals surface area (Å²) in [6, 6.07) is 6.21. The molecule has 0 atom stereocenters. The van der Waals surface area contributed by atoms with Gasteiger partial charge >= 0.3 is 0 Å². The van der Waals surface area contributed by atoms with Crippen molar-refractivity contribution < 1.29 is 0 Å². The van der Waals surface area contributed by atoms with Crippen LogP contribution >= 0.6 is 11.9 Å². The molecule has 0 saturated heterocycles. The second-order valence-electron chi connectivity index (χ2n) is 3.66. The van der Waals surface area contributed by atoms with Crippen molar-refractivity contribution in [1.29, 1.82) is 0 Å². The first-order chi connectivity index (χ1) is 7.88. The summed E-state index contributed by atoms with van der Waals surface area (Å²) < 4.78 is 2.12. The van der Waals surface area contributed by atoms with Crippen LogP contribution < -0.4 is 0 Å². The molecule has 1 aliphatic rings. The summed E-state index contributed by atoms with van der Waals surface area (Å²) in [5, 5.41) is 2.43. The van der Waals surface area contributed by atoms with E-state index in [0.717, 1.165) is 12.2 Å². The summed E-state index contributed by atoms with van der Waals surface area (Å²) in [6.07, 6.45) is 7.69. The Morgan fingerprint density at radius 2 is 2.25 bits per heavy atom. The number of pyridine rings is 1. The SMILES string of the molecule is CSN1C=Nc2ccc3ccncc3c2C1. The maximum atomic E-state index is 4.45. The maximum Gasteiger partial charge on any atom is 0.101 e. The molecule has 80 valence electrons. The van der Waals surface area contributed by atoms with Gasteiger partial charge in [-0.25, -0.2) is 4.99 Å². The van der Waals surface area contributed by atoms with Crippen LogP contribution in [0.15, 0.2) is 35.6 Å². The van der Waals surface area contributed by atoms with E-state index in [1.807, 2.05) is 24.8 Å². The van der Waals surface area contributed by atoms with Crippen molar-refractivity contribution in [3.63, 3.8) is 0 Å². The van der Waals surface area contributed by atoms with E-state index < -0.39 is 0 Å². The summed E-state index contributed by atoms with van der Waals surface area (Å²) in [5.41, 5.74) is 2.33. The van der Waals surface area contributed by atoms with Crippen LogP contribution in [0.4, 0.5) is 5.69 Å². The molecule has 1 aromatic heterocycles. The maximum absolute atomic E-state index is 4.45. The van der Waals surface area contributed by atoms with E-state index in [4.69, 9.17) is 0 Å². The fraction of sp³-hybridized carbons (Fsp3) is 0.167. The van der Waals surface area contributed by atoms with Crippen molar-refractivity contribution in [2.75, 3.05) is 6.26 Å². The fourth-order valence-corrected chi connectivity index (χ4v) is 2.33. The molecule has 2 aromatic rings. The quantitative estimate of drug-likeness (QED) is 0.704. The lowest BCUT2D eigenvalue weighted by atomic mass is 10.0. The molecular weight excluding hydrogens is 218 g/mol. The lowest BCUT2D eigenvalue weighted by molar-refractivity contribution is 0.685. The van der Waals surface area contributed by atoms with Crippen LogP contribution in [-0.4, -0.2) is 21.9 Å². The molecule has 0 bridgehead atoms. The highest BCUT2D eigenvalue weighted by molar-refractivity contribution is 7.96. The third-order valence-corrected chi connectivity index (χ3v) is 3.48. The molecule has 0 fully saturated rings. The number of hydrogen-bond acceptors (Lipinski definition) is 4. The Labute approximate surface area is 98.3 Å². The molecule has 1 aliphatic heterocycles. The highest BCUT2D eigenvalue weighted by Gasteiger charge is 2.13. The van der Waals surface area contributed by atoms with Gasteiger partial charge in [-0.05, 0) is 17.5 Å². The number of nitrogens with zero attached hydrogens (tertiary/aromatic N) is 3. The average Bonchev–Trinajstić information content (AvgIpc) is 2.38. The normalized spacial score (nSPS) is 14.2. The van der Waals surface area contributed by atoms with E-state index in [2.05, 4.69) is 32.7 Å². The predicted octanol–water partition coefficient (Wildman–Crippen LogP) is 2.99. The van der Waals surface area contributed by atoms with Gasteiger partial charge in [-0.3, -0.25) is 4.98 Å². The van der Waals surface area contributed by atoms with Crippen molar-refractivity contribution in [3.05, 3.63) is 36.2 Å². The summed E-state index contributed by atoms with van der Waals surface area (Å²) in [7, 11) is 0. The van der Waals surface area contributed by atoms with Gasteiger partial charge in [0.1, 0.15) is 6.34 Å². The molecule has 0 radical (unpaired) electrons. The van der Waals surface area contributed by atoms with E-state index in [0.29, 0.717) is 0 Å². The standard InChI is InChI=1S/C12H11N3S/c1-16-15-7-11-10-6-13-5-4-9(10)2-3-12(11)14-8-15/h2-6,8H,7H2,1H3. The lowest BCUT2D eigenvalue weighted by Crippen LogP contribution is -2.15. The first-order valence-electron chi connectivity index (χ1n) is 5.09. The Bertz CT molecular complexity index is 565. The molecule has 0 amide bonds. The van der Waals surface area contributed by atoms with Crippen molar-refractivity contribution in [1.82, 2.24) is 9.29 Å². The number of benzene rings is 1. The van der Waals surface area contributed by atoms with E-state index in [-0.39, 0.29) is 0 Å². The Kier molecular flexibility index (Phi) is 2.29. The smallest absolute Gasteiger partial charge is 0.101 e. The topological polar surface area (TPSA) is 28.5 Å². The Balaban J connectivity index is 2.23. The third kappa shape index (κ3) is 1.46. The first kappa shape index (κ1) is 9.66. The van der Waals surface area contributed by atoms with Gasteiger partial charge in [0, 0.05) is 29.6 Å². The van der Waals surface area contributed by atoms with E-state index >= 15 is 0 Å². The minimum absolute atomic E-state index is 0.892. The van der Waals surface area contributed by atoms with Crippen molar-refractivity contribution in [3.8, 4) is 0 Å². The molecule has 0 unspecified atom stereocenters. The number of fused-ring (bicyclic) bond motifs is 3. The van der Waals surface area contributed by atoms with Crippen molar-refractivity contribution in [2.24, 2.45) is 4.99 Å². The molecule has 0 aliphatic carbocycles. The molecule has 4 heteroatoms. The van der Waals surface area contributed by atoms with Crippen molar-refractivity contribution in [2.45, 2.75) is 6.54 Å². The van der Waals surface area contributed by atoms with E-state index in [1.54, 1.807) is 11.9 Å². The van der Waals surface area contributed by atoms with Gasteiger partial charge in [0.05, 0.1) is 12.2 Å². The Morgan fingerprint density at radius 3 is 3.12 bits per heavy atom. The van der Waals surface area contributed by atoms with Crippen LogP contribution in [-0.2, 0) is 6.54 Å². The Hall–Kier alpha value is -1.55. The molecule has 0 spiro atoms. The molecule has 16 heavy (non-hydrogen) atoms. The van der Waals surface area contributed by atoms with Gasteiger partial charge in [-0.15, -0.1) is 0 Å². The van der Waals surface area contributed by atoms with Crippen molar-refractivity contribution >= 4 is 34.7 Å². The van der Waals surface area contributed by atoms with Gasteiger partial charge in [0.15, 0.2) is 0 Å². The molecule has 3 rings (SSSR count). The second-order valence-corrected chi connectivity index (χ2v) is 4.50. The summed E-state index contributed by atoms with van der Waals surface area (Å²) >= 11 is 1.68. The molecule has 0 saturated carbocycles. The van der Waals surface area contributed by atoms with E-state index in [1.165, 1.54) is 16.3 Å². The van der Waals surface area contributed by atoms with Gasteiger partial charge in [0.25, 0.3) is 0 Å². The van der Waals surface area contributed by atoms with Crippen LogP contribution in [0.25, 0.3) is 10.8 Å². The fourth-order valence-electron chi connectivity index (χ4n) is 1.93. The summed E-state index contributed by atoms with van der Waals surface area (Å²) in [5.74, 6) is 0. The van der Waals surface area contributed by atoms with Crippen LogP contribution in [0.5, 0.6) is 0 Å². The van der Waals surface area contributed by atoms with Gasteiger partial charge in [-0.2, -0.15) is 0 Å². The monoisotopic (exact) mass is 229 g/mol. The predicted molar refractivity (Wildman–Crippen MR) is 69.0 cm³/mol. The zero-order chi connectivity index (χ0) is 11.0. The number of hydrogen-bond donors (Lipinski definition) is 0. The molecular formula is C12H11N3S. The molecule has 1 aromatic carbocycles. The minimum Gasteiger partial charge on any atom is -0.302 e. The van der Waals surface area contributed by atoms with Crippen LogP contribution in [0.2, 0.25) is 0 Å². The highest BCUT2D eigenvalue weighted by atomic mass is 32.2. The zero-order valence-electron chi connectivity index (χ0n) is 8.92. The molecule has 2 heterocycles. The summed E-state index contributed by atoms with van der Waals surface area (Å²) in [6.45, 7) is 0.892. The molecule has 3 nitrogen and oxygen atoms in total. The number of aromatic nitrogens is 1. The van der Waals surface area contributed by atoms with Crippen LogP contribution in [0.3, 0.4) is 0 Å². The minimum atomic E-state index is 0.892. The van der Waals surface area contributed by atoms with Gasteiger partial charge in [0.2, 0.25) is 0 Å². The highest BCUT2D eigenvalue weighted by Crippen LogP contribution is 2.32. The van der Waals surface area contributed by atoms with Crippen LogP contribution in [0, 0.1) is 0 Å². The molecule has 0 N–H and O–H groups in total. The lowest BCUT2D eigenvalue weighted by Gasteiger charge is -2.22. The average molecular weight is 229 g/mol. The zero-order valence-corrected chi connectivity index (χ0v) is 9.74. The van der Waals surface area contributed by atoms with Gasteiger partial charge in [-0.1, -0.05) is 18.0 Å². The summed E-state index contributed by atoms with van der Waals surface area (Å²) in [4.78, 5) is 8.64. The number of aliphatic imine (C=N–C) groups is 1. The first-order valence-corrected chi connectivity index (χ1v) is 6.27. The third-order valence-electron chi connectivity index (χ3n) is 2.78.